The van der Waals surface area contributed by atoms with Crippen molar-refractivity contribution in [3.05, 3.63) is 60.2 Å². The molecule has 2 aromatic heterocycles. The SMILES string of the molecule is CC(C)CCc1ccc[n+](CC(C)CCc2ccncc2)c1. The molecule has 0 radical (unpaired) electrons. The molecule has 0 saturated carbocycles. The van der Waals surface area contributed by atoms with E-state index in [1.54, 1.807) is 0 Å². The van der Waals surface area contributed by atoms with Gasteiger partial charge in [0.2, 0.25) is 0 Å². The monoisotopic (exact) mass is 297 g/mol. The van der Waals surface area contributed by atoms with E-state index in [1.807, 2.05) is 12.4 Å². The van der Waals surface area contributed by atoms with E-state index >= 15 is 0 Å². The molecule has 2 heterocycles. The molecule has 0 saturated heterocycles. The number of hydrogen-bond acceptors (Lipinski definition) is 1. The first-order chi connectivity index (χ1) is 10.6. The van der Waals surface area contributed by atoms with Crippen LogP contribution in [0, 0.1) is 11.8 Å². The van der Waals surface area contributed by atoms with Crippen molar-refractivity contribution in [3.63, 3.8) is 0 Å². The molecule has 22 heavy (non-hydrogen) atoms. The summed E-state index contributed by atoms with van der Waals surface area (Å²) in [7, 11) is 0. The molecule has 0 bridgehead atoms. The highest BCUT2D eigenvalue weighted by atomic mass is 14.9. The second-order valence-electron chi connectivity index (χ2n) is 6.84. The van der Waals surface area contributed by atoms with E-state index in [2.05, 4.69) is 67.0 Å². The van der Waals surface area contributed by atoms with Gasteiger partial charge in [0.25, 0.3) is 0 Å². The first-order valence-electron chi connectivity index (χ1n) is 8.50. The quantitative estimate of drug-likeness (QED) is 0.666. The zero-order chi connectivity index (χ0) is 15.8. The van der Waals surface area contributed by atoms with Gasteiger partial charge in [-0.2, -0.15) is 0 Å². The number of rotatable bonds is 8. The maximum Gasteiger partial charge on any atom is 0.171 e. The van der Waals surface area contributed by atoms with E-state index in [4.69, 9.17) is 0 Å². The third-order valence-corrected chi connectivity index (χ3v) is 4.13. The van der Waals surface area contributed by atoms with Crippen molar-refractivity contribution in [2.45, 2.75) is 53.0 Å². The fraction of sp³-hybridized carbons (Fsp3) is 0.500. The summed E-state index contributed by atoms with van der Waals surface area (Å²) in [6, 6.07) is 8.67. The summed E-state index contributed by atoms with van der Waals surface area (Å²) in [5.74, 6) is 1.45. The Kier molecular flexibility index (Phi) is 6.57. The second-order valence-corrected chi connectivity index (χ2v) is 6.84. The number of nitrogens with zero attached hydrogens (tertiary/aromatic N) is 2. The molecule has 2 rings (SSSR count). The highest BCUT2D eigenvalue weighted by molar-refractivity contribution is 5.09. The lowest BCUT2D eigenvalue weighted by Gasteiger charge is -2.09. The predicted molar refractivity (Wildman–Crippen MR) is 91.5 cm³/mol. The molecule has 0 fully saturated rings. The highest BCUT2D eigenvalue weighted by Gasteiger charge is 2.10. The minimum atomic E-state index is 0.679. The van der Waals surface area contributed by atoms with Crippen LogP contribution >= 0.6 is 0 Å². The third-order valence-electron chi connectivity index (χ3n) is 4.13. The fourth-order valence-corrected chi connectivity index (χ4v) is 2.71. The topological polar surface area (TPSA) is 16.8 Å². The largest absolute Gasteiger partial charge is 0.265 e. The normalized spacial score (nSPS) is 12.5. The molecule has 1 atom stereocenters. The Labute approximate surface area is 135 Å². The van der Waals surface area contributed by atoms with E-state index in [-0.39, 0.29) is 0 Å². The van der Waals surface area contributed by atoms with Crippen LogP contribution in [-0.4, -0.2) is 4.98 Å². The van der Waals surface area contributed by atoms with Crippen LogP contribution in [-0.2, 0) is 19.4 Å². The molecule has 1 unspecified atom stereocenters. The standard InChI is InChI=1S/C20H29N2/c1-17(2)6-8-20-5-4-14-22(16-20)15-18(3)7-9-19-10-12-21-13-11-19/h4-5,10-14,16-18H,6-9,15H2,1-3H3/q+1. The van der Waals surface area contributed by atoms with Crippen molar-refractivity contribution in [1.82, 2.24) is 4.98 Å². The molecule has 2 heteroatoms. The minimum absolute atomic E-state index is 0.679. The predicted octanol–water partition coefficient (Wildman–Crippen LogP) is 4.23. The molecular formula is C20H29N2+. The van der Waals surface area contributed by atoms with Gasteiger partial charge < -0.3 is 0 Å². The van der Waals surface area contributed by atoms with E-state index < -0.39 is 0 Å². The number of aryl methyl sites for hydroxylation is 2. The fourth-order valence-electron chi connectivity index (χ4n) is 2.71. The molecule has 0 aromatic carbocycles. The van der Waals surface area contributed by atoms with Crippen molar-refractivity contribution in [3.8, 4) is 0 Å². The smallest absolute Gasteiger partial charge is 0.171 e. The van der Waals surface area contributed by atoms with Crippen LogP contribution in [0.3, 0.4) is 0 Å². The van der Waals surface area contributed by atoms with Gasteiger partial charge in [0, 0.05) is 29.9 Å². The number of hydrogen-bond donors (Lipinski definition) is 0. The van der Waals surface area contributed by atoms with Crippen LogP contribution in [0.15, 0.2) is 49.1 Å². The Balaban J connectivity index is 1.83. The van der Waals surface area contributed by atoms with Gasteiger partial charge in [0.1, 0.15) is 0 Å². The van der Waals surface area contributed by atoms with Crippen molar-refractivity contribution in [2.75, 3.05) is 0 Å². The summed E-state index contributed by atoms with van der Waals surface area (Å²) in [4.78, 5) is 4.08. The Bertz CT molecular complexity index is 549. The van der Waals surface area contributed by atoms with Crippen LogP contribution in [0.5, 0.6) is 0 Å². The lowest BCUT2D eigenvalue weighted by atomic mass is 10.0. The van der Waals surface area contributed by atoms with Gasteiger partial charge in [-0.15, -0.1) is 0 Å². The first kappa shape index (κ1) is 16.7. The van der Waals surface area contributed by atoms with Crippen LogP contribution in [0.4, 0.5) is 0 Å². The van der Waals surface area contributed by atoms with Crippen LogP contribution < -0.4 is 4.57 Å². The lowest BCUT2D eigenvalue weighted by Crippen LogP contribution is -2.36. The van der Waals surface area contributed by atoms with E-state index in [9.17, 15) is 0 Å². The molecule has 0 spiro atoms. The third kappa shape index (κ3) is 5.97. The molecule has 118 valence electrons. The van der Waals surface area contributed by atoms with Crippen LogP contribution in [0.25, 0.3) is 0 Å². The van der Waals surface area contributed by atoms with Gasteiger partial charge in [-0.25, -0.2) is 4.57 Å². The van der Waals surface area contributed by atoms with Crippen LogP contribution in [0.1, 0.15) is 44.7 Å². The summed E-state index contributed by atoms with van der Waals surface area (Å²) in [6.45, 7) is 8.02. The van der Waals surface area contributed by atoms with Crippen molar-refractivity contribution >= 4 is 0 Å². The molecular weight excluding hydrogens is 268 g/mol. The lowest BCUT2D eigenvalue weighted by molar-refractivity contribution is -0.703. The van der Waals surface area contributed by atoms with Crippen LogP contribution in [0.2, 0.25) is 0 Å². The molecule has 2 nitrogen and oxygen atoms in total. The maximum atomic E-state index is 4.08. The summed E-state index contributed by atoms with van der Waals surface area (Å²) in [6.07, 6.45) is 13.1. The molecule has 0 aliphatic carbocycles. The average molecular weight is 297 g/mol. The summed E-state index contributed by atoms with van der Waals surface area (Å²) < 4.78 is 2.35. The van der Waals surface area contributed by atoms with Gasteiger partial charge in [0.15, 0.2) is 18.9 Å². The second kappa shape index (κ2) is 8.67. The van der Waals surface area contributed by atoms with Gasteiger partial charge in [0.05, 0.1) is 0 Å². The molecule has 0 aliphatic heterocycles. The zero-order valence-corrected chi connectivity index (χ0v) is 14.2. The highest BCUT2D eigenvalue weighted by Crippen LogP contribution is 2.10. The Morgan fingerprint density at radius 1 is 0.955 bits per heavy atom. The molecule has 0 aliphatic rings. The van der Waals surface area contributed by atoms with E-state index in [1.165, 1.54) is 30.4 Å². The zero-order valence-electron chi connectivity index (χ0n) is 14.2. The van der Waals surface area contributed by atoms with E-state index in [0.29, 0.717) is 5.92 Å². The minimum Gasteiger partial charge on any atom is -0.265 e. The van der Waals surface area contributed by atoms with Gasteiger partial charge in [-0.1, -0.05) is 20.8 Å². The van der Waals surface area contributed by atoms with Crippen molar-refractivity contribution < 1.29 is 4.57 Å². The maximum absolute atomic E-state index is 4.08. The number of aromatic nitrogens is 2. The van der Waals surface area contributed by atoms with Gasteiger partial charge in [-0.05, 0) is 55.4 Å². The van der Waals surface area contributed by atoms with Gasteiger partial charge >= 0.3 is 0 Å². The molecule has 0 N–H and O–H groups in total. The summed E-state index contributed by atoms with van der Waals surface area (Å²) >= 11 is 0. The Morgan fingerprint density at radius 3 is 2.41 bits per heavy atom. The Hall–Kier alpha value is -1.70. The average Bonchev–Trinajstić information content (AvgIpc) is 2.52. The Morgan fingerprint density at radius 2 is 1.68 bits per heavy atom. The van der Waals surface area contributed by atoms with Crippen molar-refractivity contribution in [2.24, 2.45) is 11.8 Å². The number of pyridine rings is 2. The summed E-state index contributed by atoms with van der Waals surface area (Å²) in [5, 5.41) is 0. The molecule has 0 amide bonds. The first-order valence-corrected chi connectivity index (χ1v) is 8.50. The summed E-state index contributed by atoms with van der Waals surface area (Å²) in [5.41, 5.74) is 2.84. The molecule has 2 aromatic rings. The van der Waals surface area contributed by atoms with E-state index in [0.717, 1.165) is 18.9 Å². The van der Waals surface area contributed by atoms with Crippen molar-refractivity contribution in [1.29, 1.82) is 0 Å². The van der Waals surface area contributed by atoms with Gasteiger partial charge in [-0.3, -0.25) is 4.98 Å².